The average Bonchev–Trinajstić information content (AvgIpc) is 2.53. The molecule has 3 aromatic rings. The number of esters is 1. The lowest BCUT2D eigenvalue weighted by Gasteiger charge is -2.06. The number of aromatic nitrogens is 3. The maximum absolute atomic E-state index is 12.1. The third-order valence-corrected chi connectivity index (χ3v) is 3.38. The van der Waals surface area contributed by atoms with Crippen LogP contribution in [0, 0.1) is 6.92 Å². The zero-order chi connectivity index (χ0) is 16.4. The molecule has 0 saturated carbocycles. The number of carbonyl (C=O) groups is 1. The van der Waals surface area contributed by atoms with Crippen LogP contribution in [0.25, 0.3) is 5.65 Å². The molecule has 0 bridgehead atoms. The van der Waals surface area contributed by atoms with Gasteiger partial charge in [-0.3, -0.25) is 9.20 Å². The van der Waals surface area contributed by atoms with Crippen molar-refractivity contribution in [3.8, 4) is 0 Å². The molecule has 0 unspecified atom stereocenters. The Morgan fingerprint density at radius 2 is 2.13 bits per heavy atom. The SMILES string of the molecule is Cc1ccc2nc(COC(=O)c3ccnc(Cl)c3)cc(=O)n2c1. The Kier molecular flexibility index (Phi) is 4.08. The molecule has 0 aliphatic heterocycles. The lowest BCUT2D eigenvalue weighted by Crippen LogP contribution is -2.17. The lowest BCUT2D eigenvalue weighted by molar-refractivity contribution is 0.0467. The summed E-state index contributed by atoms with van der Waals surface area (Å²) in [5, 5.41) is 0.205. The van der Waals surface area contributed by atoms with Crippen LogP contribution in [0.1, 0.15) is 21.6 Å². The molecule has 0 aliphatic rings. The average molecular weight is 330 g/mol. The van der Waals surface area contributed by atoms with E-state index in [-0.39, 0.29) is 22.9 Å². The molecule has 0 spiro atoms. The summed E-state index contributed by atoms with van der Waals surface area (Å²) in [5.74, 6) is -0.555. The van der Waals surface area contributed by atoms with Gasteiger partial charge in [-0.1, -0.05) is 17.7 Å². The van der Waals surface area contributed by atoms with E-state index in [4.69, 9.17) is 16.3 Å². The molecule has 3 aromatic heterocycles. The van der Waals surface area contributed by atoms with Gasteiger partial charge in [-0.05, 0) is 30.7 Å². The highest BCUT2D eigenvalue weighted by molar-refractivity contribution is 6.29. The van der Waals surface area contributed by atoms with E-state index in [9.17, 15) is 9.59 Å². The van der Waals surface area contributed by atoms with Crippen LogP contribution in [-0.4, -0.2) is 20.3 Å². The van der Waals surface area contributed by atoms with Crippen LogP contribution in [-0.2, 0) is 11.3 Å². The van der Waals surface area contributed by atoms with Gasteiger partial charge in [-0.15, -0.1) is 0 Å². The van der Waals surface area contributed by atoms with Crippen molar-refractivity contribution >= 4 is 23.2 Å². The minimum absolute atomic E-state index is 0.0988. The molecular formula is C16H12ClN3O3. The van der Waals surface area contributed by atoms with Crippen molar-refractivity contribution in [2.24, 2.45) is 0 Å². The van der Waals surface area contributed by atoms with Gasteiger partial charge in [-0.2, -0.15) is 0 Å². The largest absolute Gasteiger partial charge is 0.456 e. The van der Waals surface area contributed by atoms with E-state index in [0.29, 0.717) is 11.3 Å². The molecule has 0 fully saturated rings. The lowest BCUT2D eigenvalue weighted by atomic mass is 10.3. The van der Waals surface area contributed by atoms with Gasteiger partial charge in [0.2, 0.25) is 0 Å². The number of halogens is 1. The van der Waals surface area contributed by atoms with Gasteiger partial charge >= 0.3 is 5.97 Å². The van der Waals surface area contributed by atoms with Crippen molar-refractivity contribution in [3.63, 3.8) is 0 Å². The predicted molar refractivity (Wildman–Crippen MR) is 84.6 cm³/mol. The Bertz CT molecular complexity index is 953. The molecule has 7 heteroatoms. The van der Waals surface area contributed by atoms with Crippen molar-refractivity contribution in [1.82, 2.24) is 14.4 Å². The molecule has 0 saturated heterocycles. The van der Waals surface area contributed by atoms with E-state index in [2.05, 4.69) is 9.97 Å². The molecule has 6 nitrogen and oxygen atoms in total. The summed E-state index contributed by atoms with van der Waals surface area (Å²) < 4.78 is 6.61. The van der Waals surface area contributed by atoms with Crippen LogP contribution in [0.4, 0.5) is 0 Å². The van der Waals surface area contributed by atoms with Crippen molar-refractivity contribution < 1.29 is 9.53 Å². The van der Waals surface area contributed by atoms with Crippen molar-refractivity contribution in [2.45, 2.75) is 13.5 Å². The van der Waals surface area contributed by atoms with E-state index < -0.39 is 5.97 Å². The van der Waals surface area contributed by atoms with Gasteiger partial charge in [0.15, 0.2) is 0 Å². The topological polar surface area (TPSA) is 73.6 Å². The molecule has 0 N–H and O–H groups in total. The monoisotopic (exact) mass is 329 g/mol. The van der Waals surface area contributed by atoms with E-state index >= 15 is 0 Å². The van der Waals surface area contributed by atoms with Gasteiger partial charge in [0.05, 0.1) is 11.3 Å². The van der Waals surface area contributed by atoms with Crippen LogP contribution in [0.3, 0.4) is 0 Å². The third-order valence-electron chi connectivity index (χ3n) is 3.17. The summed E-state index contributed by atoms with van der Waals surface area (Å²) in [5.41, 5.74) is 1.90. The Hall–Kier alpha value is -2.73. The zero-order valence-corrected chi connectivity index (χ0v) is 12.9. The summed E-state index contributed by atoms with van der Waals surface area (Å²) >= 11 is 5.73. The first kappa shape index (κ1) is 15.2. The van der Waals surface area contributed by atoms with E-state index in [0.717, 1.165) is 5.56 Å². The van der Waals surface area contributed by atoms with Crippen LogP contribution < -0.4 is 5.56 Å². The van der Waals surface area contributed by atoms with Crippen LogP contribution in [0.15, 0.2) is 47.5 Å². The fourth-order valence-corrected chi connectivity index (χ4v) is 2.26. The second kappa shape index (κ2) is 6.18. The number of aryl methyl sites for hydroxylation is 1. The minimum atomic E-state index is -0.555. The molecule has 0 radical (unpaired) electrons. The van der Waals surface area contributed by atoms with Crippen LogP contribution in [0.5, 0.6) is 0 Å². The van der Waals surface area contributed by atoms with Gasteiger partial charge in [0.25, 0.3) is 5.56 Å². The number of ether oxygens (including phenoxy) is 1. The molecule has 0 aromatic carbocycles. The second-order valence-corrected chi connectivity index (χ2v) is 5.35. The molecule has 23 heavy (non-hydrogen) atoms. The minimum Gasteiger partial charge on any atom is -0.456 e. The smallest absolute Gasteiger partial charge is 0.338 e. The molecular weight excluding hydrogens is 318 g/mol. The summed E-state index contributed by atoms with van der Waals surface area (Å²) in [6.45, 7) is 1.79. The summed E-state index contributed by atoms with van der Waals surface area (Å²) in [6, 6.07) is 7.86. The van der Waals surface area contributed by atoms with Crippen molar-refractivity contribution in [2.75, 3.05) is 0 Å². The van der Waals surface area contributed by atoms with E-state index in [1.165, 1.54) is 28.8 Å². The summed E-state index contributed by atoms with van der Waals surface area (Å²) in [6.07, 6.45) is 3.13. The maximum atomic E-state index is 12.1. The number of hydrogen-bond acceptors (Lipinski definition) is 5. The molecule has 0 aliphatic carbocycles. The number of hydrogen-bond donors (Lipinski definition) is 0. The predicted octanol–water partition coefficient (Wildman–Crippen LogP) is 2.41. The van der Waals surface area contributed by atoms with Gasteiger partial charge < -0.3 is 4.74 Å². The standard InChI is InChI=1S/C16H12ClN3O3/c1-10-2-3-14-19-12(7-15(21)20(14)8-10)9-23-16(22)11-4-5-18-13(17)6-11/h2-8H,9H2,1H3. The first-order valence-electron chi connectivity index (χ1n) is 6.80. The Balaban J connectivity index is 1.81. The number of pyridine rings is 2. The van der Waals surface area contributed by atoms with Gasteiger partial charge in [0.1, 0.15) is 17.4 Å². The highest BCUT2D eigenvalue weighted by Crippen LogP contribution is 2.10. The number of nitrogens with zero attached hydrogens (tertiary/aromatic N) is 3. The summed E-state index contributed by atoms with van der Waals surface area (Å²) in [7, 11) is 0. The molecule has 116 valence electrons. The first-order chi connectivity index (χ1) is 11.0. The zero-order valence-electron chi connectivity index (χ0n) is 12.2. The summed E-state index contributed by atoms with van der Waals surface area (Å²) in [4.78, 5) is 32.1. The highest BCUT2D eigenvalue weighted by atomic mass is 35.5. The maximum Gasteiger partial charge on any atom is 0.338 e. The fourth-order valence-electron chi connectivity index (χ4n) is 2.08. The van der Waals surface area contributed by atoms with Crippen molar-refractivity contribution in [1.29, 1.82) is 0 Å². The third kappa shape index (κ3) is 3.37. The number of rotatable bonds is 3. The van der Waals surface area contributed by atoms with Crippen LogP contribution >= 0.6 is 11.6 Å². The Morgan fingerprint density at radius 1 is 1.30 bits per heavy atom. The van der Waals surface area contributed by atoms with Gasteiger partial charge in [-0.25, -0.2) is 14.8 Å². The Labute approximate surface area is 136 Å². The molecule has 3 heterocycles. The molecule has 0 atom stereocenters. The molecule has 0 amide bonds. The van der Waals surface area contributed by atoms with Gasteiger partial charge in [0, 0.05) is 18.5 Å². The van der Waals surface area contributed by atoms with E-state index in [1.54, 1.807) is 12.3 Å². The second-order valence-electron chi connectivity index (χ2n) is 4.96. The van der Waals surface area contributed by atoms with Crippen molar-refractivity contribution in [3.05, 3.63) is 75.1 Å². The van der Waals surface area contributed by atoms with Crippen LogP contribution in [0.2, 0.25) is 5.15 Å². The number of fused-ring (bicyclic) bond motifs is 1. The highest BCUT2D eigenvalue weighted by Gasteiger charge is 2.10. The number of carbonyl (C=O) groups excluding carboxylic acids is 1. The fraction of sp³-hybridized carbons (Fsp3) is 0.125. The Morgan fingerprint density at radius 3 is 2.91 bits per heavy atom. The normalized spacial score (nSPS) is 10.7. The first-order valence-corrected chi connectivity index (χ1v) is 7.18. The quantitative estimate of drug-likeness (QED) is 0.545. The molecule has 3 rings (SSSR count). The van der Waals surface area contributed by atoms with E-state index in [1.807, 2.05) is 13.0 Å².